The van der Waals surface area contributed by atoms with Crippen molar-refractivity contribution in [2.75, 3.05) is 0 Å². The molecule has 0 radical (unpaired) electrons. The summed E-state index contributed by atoms with van der Waals surface area (Å²) in [5, 5.41) is 19.6. The van der Waals surface area contributed by atoms with Gasteiger partial charge in [0.2, 0.25) is 0 Å². The Morgan fingerprint density at radius 1 is 0.295 bits per heavy atom. The van der Waals surface area contributed by atoms with E-state index in [4.69, 9.17) is 10.2 Å². The third-order valence-electron chi connectivity index (χ3n) is 12.2. The summed E-state index contributed by atoms with van der Waals surface area (Å²) in [6.07, 6.45) is 3.91. The maximum absolute atomic E-state index is 5.01. The molecule has 0 atom stereocenters. The van der Waals surface area contributed by atoms with Gasteiger partial charge < -0.3 is 0 Å². The van der Waals surface area contributed by atoms with Gasteiger partial charge in [-0.3, -0.25) is 4.98 Å². The zero-order valence-electron chi connectivity index (χ0n) is 33.1. The van der Waals surface area contributed by atoms with E-state index in [0.29, 0.717) is 0 Å². The highest BCUT2D eigenvalue weighted by Gasteiger charge is 2.18. The van der Waals surface area contributed by atoms with Crippen LogP contribution in [0.2, 0.25) is 0 Å². The lowest BCUT2D eigenvalue weighted by Gasteiger charge is -2.18. The number of nitrogens with zero attached hydrogens (tertiary/aromatic N) is 4. The Kier molecular flexibility index (Phi) is 8.13. The molecule has 284 valence electrons. The Balaban J connectivity index is 0.919. The highest BCUT2D eigenvalue weighted by molar-refractivity contribution is 6.22. The molecule has 12 aromatic rings. The number of aromatic nitrogens is 4. The van der Waals surface area contributed by atoms with Crippen LogP contribution in [0.5, 0.6) is 0 Å². The molecule has 0 saturated heterocycles. The highest BCUT2D eigenvalue weighted by atomic mass is 15.5. The first kappa shape index (κ1) is 34.8. The monoisotopic (exact) mass is 776 g/mol. The Morgan fingerprint density at radius 3 is 1.54 bits per heavy atom. The Hall–Kier alpha value is -8.21. The average molecular weight is 777 g/mol. The van der Waals surface area contributed by atoms with Crippen LogP contribution in [0.25, 0.3) is 115 Å². The summed E-state index contributed by atoms with van der Waals surface area (Å²) in [4.78, 5) is 6.33. The van der Waals surface area contributed by atoms with Crippen LogP contribution in [0.15, 0.2) is 219 Å². The topological polar surface area (TPSA) is 43.6 Å². The third-order valence-corrected chi connectivity index (χ3v) is 12.2. The van der Waals surface area contributed by atoms with Gasteiger partial charge in [-0.1, -0.05) is 176 Å². The molecule has 0 aliphatic heterocycles. The Morgan fingerprint density at radius 2 is 0.820 bits per heavy atom. The lowest BCUT2D eigenvalue weighted by atomic mass is 9.85. The molecule has 0 bridgehead atoms. The minimum absolute atomic E-state index is 0.845. The van der Waals surface area contributed by atoms with Crippen LogP contribution in [-0.2, 0) is 0 Å². The highest BCUT2D eigenvalue weighted by Crippen LogP contribution is 2.45. The first-order chi connectivity index (χ1) is 30.2. The molecule has 0 saturated carbocycles. The molecular formula is C57H36N4. The number of pyridine rings is 1. The van der Waals surface area contributed by atoms with Gasteiger partial charge in [-0.2, -0.15) is 4.80 Å². The first-order valence-electron chi connectivity index (χ1n) is 20.7. The van der Waals surface area contributed by atoms with Gasteiger partial charge in [0.15, 0.2) is 0 Å². The Bertz CT molecular complexity index is 3620. The van der Waals surface area contributed by atoms with Crippen molar-refractivity contribution >= 4 is 54.1 Å². The molecule has 0 unspecified atom stereocenters. The molecule has 0 aliphatic rings. The van der Waals surface area contributed by atoms with Crippen LogP contribution in [0.1, 0.15) is 0 Å². The van der Waals surface area contributed by atoms with E-state index in [9.17, 15) is 0 Å². The zero-order chi connectivity index (χ0) is 40.3. The van der Waals surface area contributed by atoms with Crippen LogP contribution >= 0.6 is 0 Å². The number of hydrogen-bond acceptors (Lipinski definition) is 3. The summed E-state index contributed by atoms with van der Waals surface area (Å²) in [6, 6.07) is 73.8. The summed E-state index contributed by atoms with van der Waals surface area (Å²) in [6.45, 7) is 0. The maximum Gasteiger partial charge on any atom is 0.114 e. The van der Waals surface area contributed by atoms with E-state index in [0.717, 1.165) is 44.4 Å². The van der Waals surface area contributed by atoms with Gasteiger partial charge in [0.1, 0.15) is 11.0 Å². The van der Waals surface area contributed by atoms with Gasteiger partial charge in [0.05, 0.1) is 5.69 Å². The van der Waals surface area contributed by atoms with E-state index >= 15 is 0 Å². The van der Waals surface area contributed by atoms with E-state index in [-0.39, 0.29) is 0 Å². The van der Waals surface area contributed by atoms with Crippen molar-refractivity contribution in [3.05, 3.63) is 219 Å². The van der Waals surface area contributed by atoms with E-state index in [1.807, 2.05) is 12.4 Å². The van der Waals surface area contributed by atoms with Crippen LogP contribution in [0.3, 0.4) is 0 Å². The lowest BCUT2D eigenvalue weighted by Crippen LogP contribution is -1.98. The number of hydrogen-bond donors (Lipinski definition) is 0. The van der Waals surface area contributed by atoms with E-state index in [1.165, 1.54) is 71.1 Å². The minimum Gasteiger partial charge on any atom is -0.263 e. The molecule has 61 heavy (non-hydrogen) atoms. The predicted molar refractivity (Wildman–Crippen MR) is 254 cm³/mol. The fourth-order valence-corrected chi connectivity index (χ4v) is 9.29. The molecule has 2 heterocycles. The van der Waals surface area contributed by atoms with Gasteiger partial charge in [-0.05, 0) is 118 Å². The van der Waals surface area contributed by atoms with Crippen molar-refractivity contribution in [3.63, 3.8) is 0 Å². The van der Waals surface area contributed by atoms with Crippen LogP contribution in [0.4, 0.5) is 0 Å². The van der Waals surface area contributed by atoms with Crippen LogP contribution in [0, 0.1) is 0 Å². The van der Waals surface area contributed by atoms with Gasteiger partial charge in [-0.25, -0.2) is 0 Å². The second kappa shape index (κ2) is 14.3. The molecule has 0 N–H and O–H groups in total. The molecule has 4 heteroatoms. The third kappa shape index (κ3) is 5.88. The van der Waals surface area contributed by atoms with Crippen molar-refractivity contribution in [1.29, 1.82) is 0 Å². The maximum atomic E-state index is 5.01. The minimum atomic E-state index is 0.845. The van der Waals surface area contributed by atoms with Crippen LogP contribution in [-0.4, -0.2) is 20.0 Å². The van der Waals surface area contributed by atoms with Gasteiger partial charge >= 0.3 is 0 Å². The molecule has 12 rings (SSSR count). The predicted octanol–water partition coefficient (Wildman–Crippen LogP) is 14.8. The van der Waals surface area contributed by atoms with E-state index < -0.39 is 0 Å². The summed E-state index contributed by atoms with van der Waals surface area (Å²) < 4.78 is 0. The molecule has 0 aliphatic carbocycles. The van der Waals surface area contributed by atoms with E-state index in [2.05, 4.69) is 211 Å². The zero-order valence-corrected chi connectivity index (χ0v) is 33.1. The second-order valence-corrected chi connectivity index (χ2v) is 15.6. The molecule has 0 fully saturated rings. The quantitative estimate of drug-likeness (QED) is 0.158. The summed E-state index contributed by atoms with van der Waals surface area (Å²) >= 11 is 0. The molecule has 0 spiro atoms. The smallest absolute Gasteiger partial charge is 0.114 e. The lowest BCUT2D eigenvalue weighted by molar-refractivity contribution is 0.766. The largest absolute Gasteiger partial charge is 0.263 e. The number of fused-ring (bicyclic) bond motifs is 5. The fraction of sp³-hybridized carbons (Fsp3) is 0. The molecule has 2 aromatic heterocycles. The molecule has 0 amide bonds. The first-order valence-corrected chi connectivity index (χ1v) is 20.7. The van der Waals surface area contributed by atoms with Crippen molar-refractivity contribution in [2.24, 2.45) is 0 Å². The molecule has 4 nitrogen and oxygen atoms in total. The van der Waals surface area contributed by atoms with Crippen LogP contribution < -0.4 is 0 Å². The summed E-state index contributed by atoms with van der Waals surface area (Å²) in [5.74, 6) is 0. The molecular weight excluding hydrogens is 741 g/mol. The van der Waals surface area contributed by atoms with E-state index in [1.54, 1.807) is 4.80 Å². The summed E-state index contributed by atoms with van der Waals surface area (Å²) in [7, 11) is 0. The van der Waals surface area contributed by atoms with Gasteiger partial charge in [-0.15, -0.1) is 10.2 Å². The van der Waals surface area contributed by atoms with Gasteiger partial charge in [0, 0.05) is 23.3 Å². The Labute approximate surface area is 352 Å². The second-order valence-electron chi connectivity index (χ2n) is 15.6. The SMILES string of the molecule is c1ccc(-c2c3ccccc3c(-c3ccccc3)c3cc(-c4ccc5nn(-c6ccc(-c7ccc(-c8cncc9ccccc89)c8ccccc78)cc6)nc5c4)ccc23)cc1. The number of rotatable bonds is 6. The van der Waals surface area contributed by atoms with Gasteiger partial charge in [0.25, 0.3) is 0 Å². The summed E-state index contributed by atoms with van der Waals surface area (Å²) in [5.41, 5.74) is 14.4. The van der Waals surface area contributed by atoms with Crippen molar-refractivity contribution in [2.45, 2.75) is 0 Å². The van der Waals surface area contributed by atoms with Crippen molar-refractivity contribution < 1.29 is 0 Å². The van der Waals surface area contributed by atoms with Crippen molar-refractivity contribution in [1.82, 2.24) is 20.0 Å². The number of benzene rings is 10. The standard InChI is InChI=1S/C57H36N4/c1-3-13-38(14-4-1)56-49-21-11-12-22-50(49)57(39-15-5-2-6-16-39)52-33-40(25-29-51(52)56)41-26-32-54-55(34-41)60-61(59-54)43-27-23-37(24-28-43)45-30-31-48(47-20-10-9-19-46(45)47)53-36-58-35-42-17-7-8-18-44(42)53/h1-36H. The normalized spacial score (nSPS) is 11.6. The fourth-order valence-electron chi connectivity index (χ4n) is 9.29. The molecule has 10 aromatic carbocycles. The van der Waals surface area contributed by atoms with Crippen molar-refractivity contribution in [3.8, 4) is 61.3 Å². The average Bonchev–Trinajstić information content (AvgIpc) is 3.77.